The standard InChI is InChI=1S/C22H19N5O2/c28-19-8-4-7-18(13-19)26-22-24-15-23-21(27-22)25-17-9-11-20(12-10-17)29-14-16-5-2-1-3-6-16/h1-13,15,28H,14H2,(H2,23,24,25,26,27). The molecule has 0 aliphatic carbocycles. The summed E-state index contributed by atoms with van der Waals surface area (Å²) >= 11 is 0. The van der Waals surface area contributed by atoms with E-state index in [-0.39, 0.29) is 5.75 Å². The highest BCUT2D eigenvalue weighted by atomic mass is 16.5. The predicted octanol–water partition coefficient (Wildman–Crippen LogP) is 4.64. The second kappa shape index (κ2) is 8.71. The molecule has 4 aromatic rings. The van der Waals surface area contributed by atoms with Crippen molar-refractivity contribution in [2.24, 2.45) is 0 Å². The second-order valence-corrected chi connectivity index (χ2v) is 6.23. The van der Waals surface area contributed by atoms with E-state index in [1.807, 2.05) is 60.7 Å². The van der Waals surface area contributed by atoms with Crippen LogP contribution in [0.3, 0.4) is 0 Å². The van der Waals surface area contributed by atoms with Crippen molar-refractivity contribution >= 4 is 23.3 Å². The maximum atomic E-state index is 9.55. The third kappa shape index (κ3) is 5.20. The zero-order valence-corrected chi connectivity index (χ0v) is 15.5. The summed E-state index contributed by atoms with van der Waals surface area (Å²) in [6.45, 7) is 0.519. The van der Waals surface area contributed by atoms with Crippen molar-refractivity contribution in [1.29, 1.82) is 0 Å². The molecule has 0 aliphatic rings. The van der Waals surface area contributed by atoms with Crippen molar-refractivity contribution in [3.05, 3.63) is 90.8 Å². The molecule has 0 atom stereocenters. The predicted molar refractivity (Wildman–Crippen MR) is 112 cm³/mol. The first-order chi connectivity index (χ1) is 14.2. The van der Waals surface area contributed by atoms with Crippen LogP contribution in [-0.4, -0.2) is 20.1 Å². The molecule has 29 heavy (non-hydrogen) atoms. The molecular formula is C22H19N5O2. The quantitative estimate of drug-likeness (QED) is 0.427. The third-order valence-corrected chi connectivity index (χ3v) is 4.03. The fourth-order valence-electron chi connectivity index (χ4n) is 2.63. The van der Waals surface area contributed by atoms with E-state index in [4.69, 9.17) is 4.74 Å². The van der Waals surface area contributed by atoms with Crippen LogP contribution in [0.15, 0.2) is 85.2 Å². The number of ether oxygens (including phenoxy) is 1. The van der Waals surface area contributed by atoms with Gasteiger partial charge in [0, 0.05) is 17.4 Å². The van der Waals surface area contributed by atoms with Crippen molar-refractivity contribution in [2.75, 3.05) is 10.6 Å². The second-order valence-electron chi connectivity index (χ2n) is 6.23. The lowest BCUT2D eigenvalue weighted by Gasteiger charge is -2.09. The van der Waals surface area contributed by atoms with Crippen LogP contribution in [-0.2, 0) is 6.61 Å². The summed E-state index contributed by atoms with van der Waals surface area (Å²) in [5.74, 6) is 1.72. The number of nitrogens with zero attached hydrogens (tertiary/aromatic N) is 3. The molecular weight excluding hydrogens is 366 g/mol. The lowest BCUT2D eigenvalue weighted by atomic mass is 10.2. The van der Waals surface area contributed by atoms with E-state index in [0.717, 1.165) is 17.0 Å². The van der Waals surface area contributed by atoms with Crippen LogP contribution in [0, 0.1) is 0 Å². The zero-order valence-electron chi connectivity index (χ0n) is 15.5. The molecule has 7 nitrogen and oxygen atoms in total. The van der Waals surface area contributed by atoms with E-state index in [9.17, 15) is 5.11 Å². The van der Waals surface area contributed by atoms with E-state index in [2.05, 4.69) is 25.6 Å². The summed E-state index contributed by atoms with van der Waals surface area (Å²) in [7, 11) is 0. The van der Waals surface area contributed by atoms with Crippen LogP contribution in [0.2, 0.25) is 0 Å². The van der Waals surface area contributed by atoms with Gasteiger partial charge in [0.1, 0.15) is 24.4 Å². The smallest absolute Gasteiger partial charge is 0.232 e. The van der Waals surface area contributed by atoms with Gasteiger partial charge in [0.15, 0.2) is 0 Å². The average Bonchev–Trinajstić information content (AvgIpc) is 2.74. The lowest BCUT2D eigenvalue weighted by Crippen LogP contribution is -2.02. The van der Waals surface area contributed by atoms with E-state index in [0.29, 0.717) is 24.2 Å². The Morgan fingerprint density at radius 2 is 1.48 bits per heavy atom. The Morgan fingerprint density at radius 3 is 2.21 bits per heavy atom. The van der Waals surface area contributed by atoms with Gasteiger partial charge in [-0.25, -0.2) is 9.97 Å². The highest BCUT2D eigenvalue weighted by molar-refractivity contribution is 5.58. The van der Waals surface area contributed by atoms with Gasteiger partial charge in [-0.3, -0.25) is 0 Å². The third-order valence-electron chi connectivity index (χ3n) is 4.03. The van der Waals surface area contributed by atoms with E-state index in [1.165, 1.54) is 6.33 Å². The number of hydrogen-bond donors (Lipinski definition) is 3. The Labute approximate surface area is 168 Å². The van der Waals surface area contributed by atoms with E-state index in [1.54, 1.807) is 18.2 Å². The molecule has 0 fully saturated rings. The Bertz CT molecular complexity index is 1070. The van der Waals surface area contributed by atoms with Crippen LogP contribution in [0.5, 0.6) is 11.5 Å². The van der Waals surface area contributed by atoms with Crippen LogP contribution >= 0.6 is 0 Å². The summed E-state index contributed by atoms with van der Waals surface area (Å²) < 4.78 is 5.79. The van der Waals surface area contributed by atoms with Gasteiger partial charge >= 0.3 is 0 Å². The largest absolute Gasteiger partial charge is 0.508 e. The van der Waals surface area contributed by atoms with Crippen molar-refractivity contribution in [2.45, 2.75) is 6.61 Å². The summed E-state index contributed by atoms with van der Waals surface area (Å²) in [6.07, 6.45) is 1.41. The number of aromatic nitrogens is 3. The highest BCUT2D eigenvalue weighted by Crippen LogP contribution is 2.21. The van der Waals surface area contributed by atoms with E-state index < -0.39 is 0 Å². The fraction of sp³-hybridized carbons (Fsp3) is 0.0455. The van der Waals surface area contributed by atoms with E-state index >= 15 is 0 Å². The normalized spacial score (nSPS) is 10.3. The van der Waals surface area contributed by atoms with Crippen molar-refractivity contribution in [3.63, 3.8) is 0 Å². The molecule has 0 bridgehead atoms. The SMILES string of the molecule is Oc1cccc(Nc2ncnc(Nc3ccc(OCc4ccccc4)cc3)n2)c1. The van der Waals surface area contributed by atoms with Crippen molar-refractivity contribution < 1.29 is 9.84 Å². The highest BCUT2D eigenvalue weighted by Gasteiger charge is 2.04. The fourth-order valence-corrected chi connectivity index (χ4v) is 2.63. The minimum Gasteiger partial charge on any atom is -0.508 e. The molecule has 0 radical (unpaired) electrons. The monoisotopic (exact) mass is 385 g/mol. The molecule has 0 saturated carbocycles. The Hall–Kier alpha value is -4.13. The molecule has 3 N–H and O–H groups in total. The van der Waals surface area contributed by atoms with Crippen LogP contribution in [0.25, 0.3) is 0 Å². The Balaban J connectivity index is 1.37. The Kier molecular flexibility index (Phi) is 5.48. The van der Waals surface area contributed by atoms with Crippen molar-refractivity contribution in [1.82, 2.24) is 15.0 Å². The number of aromatic hydroxyl groups is 1. The molecule has 144 valence electrons. The summed E-state index contributed by atoms with van der Waals surface area (Å²) in [5, 5.41) is 15.7. The molecule has 0 aliphatic heterocycles. The maximum Gasteiger partial charge on any atom is 0.232 e. The number of phenols is 1. The molecule has 0 amide bonds. The first-order valence-electron chi connectivity index (χ1n) is 9.03. The van der Waals surface area contributed by atoms with Gasteiger partial charge in [0.05, 0.1) is 0 Å². The molecule has 0 unspecified atom stereocenters. The topological polar surface area (TPSA) is 92.2 Å². The molecule has 7 heteroatoms. The van der Waals surface area contributed by atoms with Crippen LogP contribution < -0.4 is 15.4 Å². The molecule has 0 spiro atoms. The first-order valence-corrected chi connectivity index (χ1v) is 9.03. The molecule has 3 aromatic carbocycles. The number of phenolic OH excluding ortho intramolecular Hbond substituents is 1. The minimum atomic E-state index is 0.164. The zero-order chi connectivity index (χ0) is 19.9. The lowest BCUT2D eigenvalue weighted by molar-refractivity contribution is 0.306. The molecule has 1 aromatic heterocycles. The summed E-state index contributed by atoms with van der Waals surface area (Å²) in [6, 6.07) is 24.3. The Morgan fingerprint density at radius 1 is 0.759 bits per heavy atom. The van der Waals surface area contributed by atoms with Gasteiger partial charge in [0.2, 0.25) is 11.9 Å². The van der Waals surface area contributed by atoms with Crippen molar-refractivity contribution in [3.8, 4) is 11.5 Å². The molecule has 4 rings (SSSR count). The number of hydrogen-bond acceptors (Lipinski definition) is 7. The summed E-state index contributed by atoms with van der Waals surface area (Å²) in [5.41, 5.74) is 2.63. The van der Waals surface area contributed by atoms with Gasteiger partial charge in [-0.15, -0.1) is 0 Å². The van der Waals surface area contributed by atoms with Crippen LogP contribution in [0.4, 0.5) is 23.3 Å². The average molecular weight is 385 g/mol. The van der Waals surface area contributed by atoms with Gasteiger partial charge in [-0.2, -0.15) is 4.98 Å². The number of nitrogens with one attached hydrogen (secondary N) is 2. The maximum absolute atomic E-state index is 9.55. The molecule has 1 heterocycles. The summed E-state index contributed by atoms with van der Waals surface area (Å²) in [4.78, 5) is 12.6. The van der Waals surface area contributed by atoms with Gasteiger partial charge in [-0.1, -0.05) is 36.4 Å². The number of anilines is 4. The minimum absolute atomic E-state index is 0.164. The number of rotatable bonds is 7. The number of benzene rings is 3. The first kappa shape index (κ1) is 18.2. The van der Waals surface area contributed by atoms with Gasteiger partial charge in [-0.05, 0) is 42.0 Å². The van der Waals surface area contributed by atoms with Gasteiger partial charge in [0.25, 0.3) is 0 Å². The van der Waals surface area contributed by atoms with Crippen LogP contribution in [0.1, 0.15) is 5.56 Å². The molecule has 0 saturated heterocycles. The van der Waals surface area contributed by atoms with Gasteiger partial charge < -0.3 is 20.5 Å².